The van der Waals surface area contributed by atoms with Crippen LogP contribution in [0.25, 0.3) is 0 Å². The fourth-order valence-electron chi connectivity index (χ4n) is 2.87. The van der Waals surface area contributed by atoms with Crippen LogP contribution >= 0.6 is 0 Å². The summed E-state index contributed by atoms with van der Waals surface area (Å²) in [6.07, 6.45) is 7.17. The van der Waals surface area contributed by atoms with Gasteiger partial charge in [0.15, 0.2) is 0 Å². The fourth-order valence-corrected chi connectivity index (χ4v) is 2.87. The first-order chi connectivity index (χ1) is 9.72. The maximum atomic E-state index is 12.3. The number of carbonyl (C=O) groups is 1. The lowest BCUT2D eigenvalue weighted by Crippen LogP contribution is -2.46. The van der Waals surface area contributed by atoms with Gasteiger partial charge in [0.1, 0.15) is 0 Å². The van der Waals surface area contributed by atoms with Crippen molar-refractivity contribution in [1.82, 2.24) is 9.91 Å². The number of nitrogens with two attached hydrogens (primary N) is 2. The third-order valence-corrected chi connectivity index (χ3v) is 4.11. The Bertz CT molecular complexity index is 359. The van der Waals surface area contributed by atoms with Crippen molar-refractivity contribution < 1.29 is 9.53 Å². The predicted molar refractivity (Wildman–Crippen MR) is 77.2 cm³/mol. The number of rotatable bonds is 0. The van der Waals surface area contributed by atoms with E-state index in [1.54, 1.807) is 5.01 Å². The Morgan fingerprint density at radius 2 is 2.00 bits per heavy atom. The second-order valence-corrected chi connectivity index (χ2v) is 5.56. The zero-order chi connectivity index (χ0) is 14.4. The van der Waals surface area contributed by atoms with Crippen LogP contribution in [0.15, 0.2) is 11.9 Å². The maximum absolute atomic E-state index is 12.3. The molecule has 0 aromatic heterocycles. The molecule has 1 unspecified atom stereocenters. The number of hydrogen-bond acceptors (Lipinski definition) is 5. The first kappa shape index (κ1) is 15.1. The summed E-state index contributed by atoms with van der Waals surface area (Å²) in [7, 11) is 0. The number of ether oxygens (including phenoxy) is 1. The predicted octanol–water partition coefficient (Wildman–Crippen LogP) is 0.544. The summed E-state index contributed by atoms with van der Waals surface area (Å²) >= 11 is 0. The van der Waals surface area contributed by atoms with Gasteiger partial charge in [-0.1, -0.05) is 0 Å². The molecule has 1 atom stereocenters. The molecule has 0 aliphatic carbocycles. The number of amides is 1. The van der Waals surface area contributed by atoms with Gasteiger partial charge in [-0.05, 0) is 32.1 Å². The van der Waals surface area contributed by atoms with Crippen molar-refractivity contribution in [2.75, 3.05) is 26.3 Å². The summed E-state index contributed by atoms with van der Waals surface area (Å²) in [5, 5.41) is 1.63. The van der Waals surface area contributed by atoms with Gasteiger partial charge in [0.2, 0.25) is 5.91 Å². The molecule has 2 heterocycles. The topological polar surface area (TPSA) is 84.8 Å². The van der Waals surface area contributed by atoms with E-state index in [2.05, 4.69) is 0 Å². The standard InChI is InChI=1S/C14H26N4O2/c15-9-13-11-20-10-12-5-1-3-7-17(12)14(19)6-2-4-8-18(13)16/h9,12H,1-8,10-11,15-16H2/b13-9-. The number of nitrogens with zero attached hydrogens (tertiary/aromatic N) is 2. The van der Waals surface area contributed by atoms with Crippen molar-refractivity contribution in [1.29, 1.82) is 0 Å². The molecule has 2 aliphatic rings. The van der Waals surface area contributed by atoms with Gasteiger partial charge in [-0.15, -0.1) is 0 Å². The molecule has 0 radical (unpaired) electrons. The lowest BCUT2D eigenvalue weighted by Gasteiger charge is -2.36. The van der Waals surface area contributed by atoms with Crippen LogP contribution in [0.2, 0.25) is 0 Å². The molecule has 2 fully saturated rings. The molecule has 1 amide bonds. The number of hydrazine groups is 1. The van der Waals surface area contributed by atoms with E-state index in [-0.39, 0.29) is 11.9 Å². The smallest absolute Gasteiger partial charge is 0.222 e. The highest BCUT2D eigenvalue weighted by Gasteiger charge is 2.26. The first-order valence-corrected chi connectivity index (χ1v) is 7.52. The van der Waals surface area contributed by atoms with Crippen LogP contribution in [0, 0.1) is 0 Å². The molecule has 0 saturated carbocycles. The van der Waals surface area contributed by atoms with E-state index >= 15 is 0 Å². The van der Waals surface area contributed by atoms with Gasteiger partial charge in [0.05, 0.1) is 25.0 Å². The van der Waals surface area contributed by atoms with Crippen LogP contribution in [-0.2, 0) is 9.53 Å². The molecule has 2 rings (SSSR count). The molecule has 2 saturated heterocycles. The summed E-state index contributed by atoms with van der Waals surface area (Å²) in [4.78, 5) is 14.3. The Hall–Kier alpha value is -1.27. The number of carbonyl (C=O) groups excluding carboxylic acids is 1. The molecule has 0 spiro atoms. The number of piperidine rings is 1. The summed E-state index contributed by atoms with van der Waals surface area (Å²) in [5.74, 6) is 6.21. The molecule has 20 heavy (non-hydrogen) atoms. The molecule has 6 nitrogen and oxygen atoms in total. The van der Waals surface area contributed by atoms with E-state index in [4.69, 9.17) is 16.3 Å². The van der Waals surface area contributed by atoms with Gasteiger partial charge in [-0.2, -0.15) is 0 Å². The van der Waals surface area contributed by atoms with Crippen LogP contribution in [0.5, 0.6) is 0 Å². The maximum Gasteiger partial charge on any atom is 0.222 e. The van der Waals surface area contributed by atoms with Crippen LogP contribution in [0.4, 0.5) is 0 Å². The van der Waals surface area contributed by atoms with Crippen molar-refractivity contribution in [2.45, 2.75) is 44.6 Å². The van der Waals surface area contributed by atoms with Gasteiger partial charge in [-0.25, -0.2) is 5.84 Å². The highest BCUT2D eigenvalue weighted by Crippen LogP contribution is 2.20. The minimum absolute atomic E-state index is 0.209. The molecule has 4 N–H and O–H groups in total. The fraction of sp³-hybridized carbons (Fsp3) is 0.786. The lowest BCUT2D eigenvalue weighted by atomic mass is 10.0. The van der Waals surface area contributed by atoms with Crippen molar-refractivity contribution in [3.05, 3.63) is 11.9 Å². The van der Waals surface area contributed by atoms with E-state index in [0.29, 0.717) is 26.2 Å². The Labute approximate surface area is 120 Å². The monoisotopic (exact) mass is 282 g/mol. The molecule has 2 aliphatic heterocycles. The van der Waals surface area contributed by atoms with E-state index in [9.17, 15) is 4.79 Å². The van der Waals surface area contributed by atoms with Crippen molar-refractivity contribution in [2.24, 2.45) is 11.6 Å². The molecule has 0 aromatic rings. The number of hydrogen-bond donors (Lipinski definition) is 2. The molecule has 0 aromatic carbocycles. The molecule has 6 heteroatoms. The second-order valence-electron chi connectivity index (χ2n) is 5.56. The lowest BCUT2D eigenvalue weighted by molar-refractivity contribution is -0.136. The normalized spacial score (nSPS) is 28.8. The van der Waals surface area contributed by atoms with Crippen molar-refractivity contribution in [3.8, 4) is 0 Å². The van der Waals surface area contributed by atoms with Crippen LogP contribution in [0.1, 0.15) is 38.5 Å². The quantitative estimate of drug-likeness (QED) is 0.634. The van der Waals surface area contributed by atoms with Crippen molar-refractivity contribution in [3.63, 3.8) is 0 Å². The SMILES string of the molecule is N/C=C1/COCC2CCCCN2C(=O)CCCCN1N. The van der Waals surface area contributed by atoms with E-state index < -0.39 is 0 Å². The van der Waals surface area contributed by atoms with Gasteiger partial charge in [0.25, 0.3) is 0 Å². The van der Waals surface area contributed by atoms with Crippen LogP contribution in [-0.4, -0.2) is 48.2 Å². The third-order valence-electron chi connectivity index (χ3n) is 4.11. The molecular formula is C14H26N4O2. The highest BCUT2D eigenvalue weighted by molar-refractivity contribution is 5.76. The van der Waals surface area contributed by atoms with Crippen LogP contribution < -0.4 is 11.6 Å². The van der Waals surface area contributed by atoms with Crippen LogP contribution in [0.3, 0.4) is 0 Å². The Kier molecular flexibility index (Phi) is 5.67. The summed E-state index contributed by atoms with van der Waals surface area (Å²) in [5.41, 5.74) is 6.40. The largest absolute Gasteiger partial charge is 0.403 e. The van der Waals surface area contributed by atoms with Gasteiger partial charge >= 0.3 is 0 Å². The van der Waals surface area contributed by atoms with E-state index in [1.165, 1.54) is 12.6 Å². The average Bonchev–Trinajstić information content (AvgIpc) is 2.47. The zero-order valence-electron chi connectivity index (χ0n) is 12.1. The zero-order valence-corrected chi connectivity index (χ0v) is 12.1. The highest BCUT2D eigenvalue weighted by atomic mass is 16.5. The van der Waals surface area contributed by atoms with E-state index in [0.717, 1.165) is 37.9 Å². The third kappa shape index (κ3) is 3.86. The number of fused-ring (bicyclic) bond motifs is 1. The van der Waals surface area contributed by atoms with E-state index in [1.807, 2.05) is 4.90 Å². The minimum Gasteiger partial charge on any atom is -0.403 e. The van der Waals surface area contributed by atoms with Gasteiger partial charge in [-0.3, -0.25) is 4.79 Å². The molecular weight excluding hydrogens is 256 g/mol. The summed E-state index contributed by atoms with van der Waals surface area (Å²) in [6.45, 7) is 2.54. The van der Waals surface area contributed by atoms with Crippen molar-refractivity contribution >= 4 is 5.91 Å². The van der Waals surface area contributed by atoms with Gasteiger partial charge < -0.3 is 20.4 Å². The molecule has 114 valence electrons. The summed E-state index contributed by atoms with van der Waals surface area (Å²) < 4.78 is 5.73. The Morgan fingerprint density at radius 3 is 2.80 bits per heavy atom. The first-order valence-electron chi connectivity index (χ1n) is 7.52. The van der Waals surface area contributed by atoms with Gasteiger partial charge in [0, 0.05) is 25.7 Å². The molecule has 0 bridgehead atoms. The Balaban J connectivity index is 2.01. The summed E-state index contributed by atoms with van der Waals surface area (Å²) in [6, 6.07) is 0.209. The Morgan fingerprint density at radius 1 is 1.20 bits per heavy atom. The average molecular weight is 282 g/mol. The second kappa shape index (κ2) is 7.50. The minimum atomic E-state index is 0.209.